The number of aliphatic hydroxyl groups excluding tert-OH is 1. The number of hydrogen-bond acceptors (Lipinski definition) is 2. The highest BCUT2D eigenvalue weighted by atomic mass is 16.4. The Labute approximate surface area is 108 Å². The molecule has 2 aliphatic carbocycles. The van der Waals surface area contributed by atoms with Crippen LogP contribution in [0.15, 0.2) is 23.8 Å². The lowest BCUT2D eigenvalue weighted by atomic mass is 9.51. The molecular formula is C15H22O3. The van der Waals surface area contributed by atoms with Crippen molar-refractivity contribution >= 4 is 5.97 Å². The fraction of sp³-hybridized carbons (Fsp3) is 0.667. The summed E-state index contributed by atoms with van der Waals surface area (Å²) in [5.74, 6) is -0.405. The van der Waals surface area contributed by atoms with Crippen molar-refractivity contribution in [2.75, 3.05) is 0 Å². The van der Waals surface area contributed by atoms with E-state index in [0.717, 1.165) is 19.3 Å². The highest BCUT2D eigenvalue weighted by Crippen LogP contribution is 2.56. The van der Waals surface area contributed by atoms with Crippen LogP contribution in [0.3, 0.4) is 0 Å². The number of carbonyl (C=O) groups is 1. The van der Waals surface area contributed by atoms with Gasteiger partial charge in [0.05, 0.1) is 6.10 Å². The van der Waals surface area contributed by atoms with E-state index in [0.29, 0.717) is 11.5 Å². The molecule has 0 aromatic rings. The molecule has 1 fully saturated rings. The van der Waals surface area contributed by atoms with Crippen LogP contribution in [-0.2, 0) is 4.79 Å². The molecule has 0 unspecified atom stereocenters. The number of allylic oxidation sites excluding steroid dienone is 2. The summed E-state index contributed by atoms with van der Waals surface area (Å²) >= 11 is 0. The quantitative estimate of drug-likeness (QED) is 0.703. The maximum absolute atomic E-state index is 11.1. The SMILES string of the molecule is C=C1CCC=C(C(=O)O)C[C@H](O)[C@H]2[C@H]1CC2(C)C. The lowest BCUT2D eigenvalue weighted by Crippen LogP contribution is -2.51. The molecule has 2 rings (SSSR count). The number of carboxylic acids is 1. The van der Waals surface area contributed by atoms with Gasteiger partial charge < -0.3 is 10.2 Å². The van der Waals surface area contributed by atoms with Crippen LogP contribution in [0.25, 0.3) is 0 Å². The topological polar surface area (TPSA) is 57.5 Å². The van der Waals surface area contributed by atoms with Crippen molar-refractivity contribution in [2.24, 2.45) is 17.3 Å². The number of fused-ring (bicyclic) bond motifs is 1. The first-order valence-electron chi connectivity index (χ1n) is 6.61. The Morgan fingerprint density at radius 3 is 2.72 bits per heavy atom. The minimum atomic E-state index is -0.907. The Hall–Kier alpha value is -1.09. The zero-order valence-corrected chi connectivity index (χ0v) is 11.1. The van der Waals surface area contributed by atoms with Gasteiger partial charge in [0.25, 0.3) is 0 Å². The van der Waals surface area contributed by atoms with E-state index in [1.54, 1.807) is 6.08 Å². The van der Waals surface area contributed by atoms with E-state index in [1.807, 2.05) is 0 Å². The van der Waals surface area contributed by atoms with Crippen molar-refractivity contribution in [3.8, 4) is 0 Å². The summed E-state index contributed by atoms with van der Waals surface area (Å²) in [6, 6.07) is 0. The Balaban J connectivity index is 2.25. The predicted molar refractivity (Wildman–Crippen MR) is 70.1 cm³/mol. The van der Waals surface area contributed by atoms with Crippen LogP contribution in [-0.4, -0.2) is 22.3 Å². The molecule has 3 atom stereocenters. The normalized spacial score (nSPS) is 35.4. The summed E-state index contributed by atoms with van der Waals surface area (Å²) in [5, 5.41) is 19.5. The number of hydrogen-bond donors (Lipinski definition) is 2. The fourth-order valence-corrected chi connectivity index (χ4v) is 3.63. The van der Waals surface area contributed by atoms with E-state index < -0.39 is 12.1 Å². The minimum Gasteiger partial charge on any atom is -0.478 e. The number of aliphatic carboxylic acids is 1. The van der Waals surface area contributed by atoms with Crippen molar-refractivity contribution in [2.45, 2.75) is 45.6 Å². The molecule has 100 valence electrons. The monoisotopic (exact) mass is 250 g/mol. The summed E-state index contributed by atoms with van der Waals surface area (Å²) in [7, 11) is 0. The molecule has 18 heavy (non-hydrogen) atoms. The van der Waals surface area contributed by atoms with Crippen LogP contribution in [0.1, 0.15) is 39.5 Å². The van der Waals surface area contributed by atoms with Crippen LogP contribution < -0.4 is 0 Å². The predicted octanol–water partition coefficient (Wildman–Crippen LogP) is 2.76. The molecule has 0 aromatic carbocycles. The van der Waals surface area contributed by atoms with Crippen molar-refractivity contribution in [1.29, 1.82) is 0 Å². The Kier molecular flexibility index (Phi) is 3.37. The van der Waals surface area contributed by atoms with Gasteiger partial charge in [0.1, 0.15) is 0 Å². The first-order chi connectivity index (χ1) is 8.33. The fourth-order valence-electron chi connectivity index (χ4n) is 3.63. The average Bonchev–Trinajstić information content (AvgIpc) is 2.27. The van der Waals surface area contributed by atoms with Crippen molar-refractivity contribution in [1.82, 2.24) is 0 Å². The number of rotatable bonds is 1. The van der Waals surface area contributed by atoms with Crippen LogP contribution in [0.5, 0.6) is 0 Å². The summed E-state index contributed by atoms with van der Waals surface area (Å²) in [6.07, 6.45) is 4.03. The van der Waals surface area contributed by atoms with Crippen molar-refractivity contribution in [3.63, 3.8) is 0 Å². The van der Waals surface area contributed by atoms with Crippen LogP contribution in [0.4, 0.5) is 0 Å². The Bertz CT molecular complexity index is 406. The number of carboxylic acid groups (broad SMARTS) is 1. The second kappa shape index (κ2) is 4.54. The largest absolute Gasteiger partial charge is 0.478 e. The van der Waals surface area contributed by atoms with E-state index in [9.17, 15) is 9.90 Å². The van der Waals surface area contributed by atoms with Crippen LogP contribution in [0, 0.1) is 17.3 Å². The van der Waals surface area contributed by atoms with Gasteiger partial charge in [0, 0.05) is 12.0 Å². The summed E-state index contributed by atoms with van der Waals surface area (Å²) in [4.78, 5) is 11.1. The lowest BCUT2D eigenvalue weighted by molar-refractivity contribution is -0.134. The summed E-state index contributed by atoms with van der Waals surface area (Å²) in [5.41, 5.74) is 1.60. The molecule has 0 aliphatic heterocycles. The third-order valence-electron chi connectivity index (χ3n) is 4.58. The van der Waals surface area contributed by atoms with Gasteiger partial charge in [-0.25, -0.2) is 4.79 Å². The first-order valence-corrected chi connectivity index (χ1v) is 6.61. The summed E-state index contributed by atoms with van der Waals surface area (Å²) in [6.45, 7) is 8.41. The maximum Gasteiger partial charge on any atom is 0.331 e. The molecular weight excluding hydrogens is 228 g/mol. The third-order valence-corrected chi connectivity index (χ3v) is 4.58. The molecule has 3 heteroatoms. The lowest BCUT2D eigenvalue weighted by Gasteiger charge is -2.54. The standard InChI is InChI=1S/C15H22O3/c1-9-5-4-6-10(14(17)18)7-12(16)13-11(9)8-15(13,2)3/h6,11-13,16H,1,4-5,7-8H2,2-3H3,(H,17,18)/t11-,12-,13+/m0/s1. The van der Waals surface area contributed by atoms with E-state index in [1.165, 1.54) is 5.57 Å². The molecule has 0 aromatic heterocycles. The van der Waals surface area contributed by atoms with Crippen LogP contribution >= 0.6 is 0 Å². The van der Waals surface area contributed by atoms with Gasteiger partial charge in [-0.05, 0) is 36.5 Å². The molecule has 1 saturated carbocycles. The van der Waals surface area contributed by atoms with Gasteiger partial charge >= 0.3 is 5.97 Å². The molecule has 0 heterocycles. The van der Waals surface area contributed by atoms with Crippen molar-refractivity contribution < 1.29 is 15.0 Å². The van der Waals surface area contributed by atoms with E-state index in [2.05, 4.69) is 20.4 Å². The molecule has 2 aliphatic rings. The van der Waals surface area contributed by atoms with E-state index in [4.69, 9.17) is 5.11 Å². The smallest absolute Gasteiger partial charge is 0.331 e. The number of aliphatic hydroxyl groups is 1. The molecule has 2 N–H and O–H groups in total. The second-order valence-electron chi connectivity index (χ2n) is 6.33. The zero-order valence-electron chi connectivity index (χ0n) is 11.1. The highest BCUT2D eigenvalue weighted by Gasteiger charge is 2.51. The molecule has 0 radical (unpaired) electrons. The van der Waals surface area contributed by atoms with E-state index in [-0.39, 0.29) is 17.8 Å². The molecule has 0 spiro atoms. The Morgan fingerprint density at radius 2 is 2.17 bits per heavy atom. The molecule has 3 nitrogen and oxygen atoms in total. The highest BCUT2D eigenvalue weighted by molar-refractivity contribution is 5.86. The summed E-state index contributed by atoms with van der Waals surface area (Å²) < 4.78 is 0. The first kappa shape index (κ1) is 13.3. The average molecular weight is 250 g/mol. The van der Waals surface area contributed by atoms with Gasteiger partial charge in [-0.2, -0.15) is 0 Å². The van der Waals surface area contributed by atoms with Gasteiger partial charge in [-0.1, -0.05) is 32.1 Å². The van der Waals surface area contributed by atoms with Crippen LogP contribution in [0.2, 0.25) is 0 Å². The van der Waals surface area contributed by atoms with Gasteiger partial charge in [0.15, 0.2) is 0 Å². The molecule has 0 saturated heterocycles. The van der Waals surface area contributed by atoms with Gasteiger partial charge in [-0.15, -0.1) is 0 Å². The third kappa shape index (κ3) is 2.24. The zero-order chi connectivity index (χ0) is 13.5. The minimum absolute atomic E-state index is 0.0843. The molecule has 0 amide bonds. The maximum atomic E-state index is 11.1. The van der Waals surface area contributed by atoms with E-state index >= 15 is 0 Å². The van der Waals surface area contributed by atoms with Crippen molar-refractivity contribution in [3.05, 3.63) is 23.8 Å². The molecule has 0 bridgehead atoms. The van der Waals surface area contributed by atoms with Gasteiger partial charge in [-0.3, -0.25) is 0 Å². The van der Waals surface area contributed by atoms with Gasteiger partial charge in [0.2, 0.25) is 0 Å². The second-order valence-corrected chi connectivity index (χ2v) is 6.33. The Morgan fingerprint density at radius 1 is 1.50 bits per heavy atom.